The minimum atomic E-state index is -3.18. The quantitative estimate of drug-likeness (QED) is 0.357. The van der Waals surface area contributed by atoms with Gasteiger partial charge < -0.3 is 0 Å². The molecule has 0 rings (SSSR count). The fourth-order valence-electron chi connectivity index (χ4n) is 1.13. The molecule has 0 aromatic carbocycles. The first-order valence-corrected chi connectivity index (χ1v) is 6.47. The Labute approximate surface area is 80.9 Å². The number of hydrogen-bond acceptors (Lipinski definition) is 3. The Kier molecular flexibility index (Phi) is 7.22. The van der Waals surface area contributed by atoms with Crippen LogP contribution in [0, 0.1) is 0 Å². The maximum Gasteiger partial charge on any atom is 0.224 e. The smallest absolute Gasteiger partial charge is 0.224 e. The van der Waals surface area contributed by atoms with Crippen LogP contribution in [0.2, 0.25) is 0 Å². The van der Waals surface area contributed by atoms with Gasteiger partial charge in [-0.2, -0.15) is 4.83 Å². The molecule has 0 heterocycles. The maximum atomic E-state index is 10.9. The van der Waals surface area contributed by atoms with Gasteiger partial charge >= 0.3 is 0 Å². The first kappa shape index (κ1) is 12.9. The summed E-state index contributed by atoms with van der Waals surface area (Å²) < 4.78 is 21.7. The van der Waals surface area contributed by atoms with Gasteiger partial charge in [-0.25, -0.2) is 8.42 Å². The van der Waals surface area contributed by atoms with E-state index in [1.807, 2.05) is 4.83 Å². The van der Waals surface area contributed by atoms with Gasteiger partial charge in [0, 0.05) is 0 Å². The van der Waals surface area contributed by atoms with E-state index < -0.39 is 10.0 Å². The number of unbranched alkanes of at least 4 members (excludes halogenated alkanes) is 5. The topological polar surface area (TPSA) is 72.2 Å². The highest BCUT2D eigenvalue weighted by atomic mass is 32.2. The highest BCUT2D eigenvalue weighted by Gasteiger charge is 2.05. The molecule has 0 unspecified atom stereocenters. The summed E-state index contributed by atoms with van der Waals surface area (Å²) in [5, 5.41) is 0. The van der Waals surface area contributed by atoms with Crippen molar-refractivity contribution in [1.29, 1.82) is 0 Å². The van der Waals surface area contributed by atoms with E-state index in [4.69, 9.17) is 5.84 Å². The fraction of sp³-hybridized carbons (Fsp3) is 1.00. The van der Waals surface area contributed by atoms with E-state index in [0.717, 1.165) is 12.8 Å². The lowest BCUT2D eigenvalue weighted by Crippen LogP contribution is -2.32. The van der Waals surface area contributed by atoms with Gasteiger partial charge in [0.1, 0.15) is 0 Å². The molecule has 0 saturated carbocycles. The van der Waals surface area contributed by atoms with Crippen molar-refractivity contribution < 1.29 is 8.42 Å². The minimum absolute atomic E-state index is 0.148. The molecule has 0 aliphatic rings. The molecule has 0 radical (unpaired) electrons. The van der Waals surface area contributed by atoms with Gasteiger partial charge in [-0.1, -0.05) is 39.0 Å². The fourth-order valence-corrected chi connectivity index (χ4v) is 1.83. The van der Waals surface area contributed by atoms with E-state index in [2.05, 4.69) is 6.92 Å². The average Bonchev–Trinajstić information content (AvgIpc) is 2.11. The number of sulfonamides is 1. The van der Waals surface area contributed by atoms with Crippen LogP contribution in [0.1, 0.15) is 45.4 Å². The number of rotatable bonds is 8. The molecule has 0 fully saturated rings. The predicted molar refractivity (Wildman–Crippen MR) is 54.5 cm³/mol. The first-order valence-electron chi connectivity index (χ1n) is 4.82. The van der Waals surface area contributed by atoms with Gasteiger partial charge in [-0.15, -0.1) is 0 Å². The third-order valence-electron chi connectivity index (χ3n) is 1.95. The van der Waals surface area contributed by atoms with E-state index in [9.17, 15) is 8.42 Å². The molecule has 4 nitrogen and oxygen atoms in total. The lowest BCUT2D eigenvalue weighted by atomic mass is 10.1. The van der Waals surface area contributed by atoms with Crippen molar-refractivity contribution in [1.82, 2.24) is 4.83 Å². The third-order valence-corrected chi connectivity index (χ3v) is 3.13. The van der Waals surface area contributed by atoms with E-state index in [-0.39, 0.29) is 5.75 Å². The molecule has 0 spiro atoms. The molecule has 80 valence electrons. The van der Waals surface area contributed by atoms with Crippen LogP contribution < -0.4 is 10.7 Å². The van der Waals surface area contributed by atoms with Crippen LogP contribution in [-0.4, -0.2) is 14.2 Å². The van der Waals surface area contributed by atoms with Crippen LogP contribution in [-0.2, 0) is 10.0 Å². The van der Waals surface area contributed by atoms with Crippen molar-refractivity contribution in [2.24, 2.45) is 5.84 Å². The van der Waals surface area contributed by atoms with Gasteiger partial charge in [-0.3, -0.25) is 5.84 Å². The number of nitrogens with one attached hydrogen (secondary N) is 1. The van der Waals surface area contributed by atoms with Gasteiger partial charge in [0.2, 0.25) is 10.0 Å². The van der Waals surface area contributed by atoms with Crippen LogP contribution in [0.3, 0.4) is 0 Å². The van der Waals surface area contributed by atoms with E-state index in [0.29, 0.717) is 6.42 Å². The number of hydrazine groups is 1. The first-order chi connectivity index (χ1) is 6.12. The molecule has 0 amide bonds. The third kappa shape index (κ3) is 8.21. The highest BCUT2D eigenvalue weighted by Crippen LogP contribution is 2.05. The van der Waals surface area contributed by atoms with Crippen molar-refractivity contribution in [3.63, 3.8) is 0 Å². The summed E-state index contributed by atoms with van der Waals surface area (Å²) in [6, 6.07) is 0. The Hall–Kier alpha value is -0.130. The van der Waals surface area contributed by atoms with Gasteiger partial charge in [0.25, 0.3) is 0 Å². The maximum absolute atomic E-state index is 10.9. The highest BCUT2D eigenvalue weighted by molar-refractivity contribution is 7.89. The van der Waals surface area contributed by atoms with E-state index in [1.165, 1.54) is 19.3 Å². The van der Waals surface area contributed by atoms with Crippen molar-refractivity contribution in [2.45, 2.75) is 45.4 Å². The van der Waals surface area contributed by atoms with Crippen LogP contribution in [0.15, 0.2) is 0 Å². The molecule has 0 aliphatic carbocycles. The van der Waals surface area contributed by atoms with E-state index >= 15 is 0 Å². The summed E-state index contributed by atoms with van der Waals surface area (Å²) >= 11 is 0. The summed E-state index contributed by atoms with van der Waals surface area (Å²) in [4.78, 5) is 1.82. The molecule has 0 aromatic rings. The molecular formula is C8H20N2O2S. The van der Waals surface area contributed by atoms with Gasteiger partial charge in [0.05, 0.1) is 5.75 Å². The second-order valence-corrected chi connectivity index (χ2v) is 5.08. The number of hydrogen-bond donors (Lipinski definition) is 2. The molecule has 13 heavy (non-hydrogen) atoms. The Morgan fingerprint density at radius 1 is 1.08 bits per heavy atom. The van der Waals surface area contributed by atoms with Gasteiger partial charge in [0.15, 0.2) is 0 Å². The van der Waals surface area contributed by atoms with Crippen molar-refractivity contribution in [3.8, 4) is 0 Å². The molecule has 5 heteroatoms. The predicted octanol–water partition coefficient (Wildman–Crippen LogP) is 1.14. The zero-order chi connectivity index (χ0) is 10.2. The standard InChI is InChI=1S/C8H20N2O2S/c1-2-3-4-5-6-7-8-13(11,12)10-9/h10H,2-9H2,1H3. The summed E-state index contributed by atoms with van der Waals surface area (Å²) in [6.45, 7) is 2.16. The average molecular weight is 208 g/mol. The molecule has 0 saturated heterocycles. The van der Waals surface area contributed by atoms with Crippen LogP contribution in [0.25, 0.3) is 0 Å². The zero-order valence-electron chi connectivity index (χ0n) is 8.25. The molecule has 0 aromatic heterocycles. The summed E-state index contributed by atoms with van der Waals surface area (Å²) in [7, 11) is -3.18. The monoisotopic (exact) mass is 208 g/mol. The lowest BCUT2D eigenvalue weighted by molar-refractivity contribution is 0.573. The SMILES string of the molecule is CCCCCCCCS(=O)(=O)NN. The summed E-state index contributed by atoms with van der Waals surface area (Å²) in [5.74, 6) is 4.98. The lowest BCUT2D eigenvalue weighted by Gasteiger charge is -2.01. The summed E-state index contributed by atoms with van der Waals surface area (Å²) in [6.07, 6.45) is 6.45. The molecule has 0 aliphatic heterocycles. The molecule has 3 N–H and O–H groups in total. The van der Waals surface area contributed by atoms with Crippen molar-refractivity contribution >= 4 is 10.0 Å². The zero-order valence-corrected chi connectivity index (χ0v) is 9.07. The van der Waals surface area contributed by atoms with E-state index in [1.54, 1.807) is 0 Å². The Morgan fingerprint density at radius 2 is 1.62 bits per heavy atom. The summed E-state index contributed by atoms with van der Waals surface area (Å²) in [5.41, 5.74) is 0. The number of nitrogens with two attached hydrogens (primary N) is 1. The Morgan fingerprint density at radius 3 is 2.15 bits per heavy atom. The Balaban J connectivity index is 3.26. The Bertz CT molecular complexity index is 202. The minimum Gasteiger partial charge on any atom is -0.258 e. The largest absolute Gasteiger partial charge is 0.258 e. The molecule has 0 bridgehead atoms. The van der Waals surface area contributed by atoms with Crippen LogP contribution in [0.4, 0.5) is 0 Å². The normalized spacial score (nSPS) is 11.8. The second kappa shape index (κ2) is 7.29. The van der Waals surface area contributed by atoms with Gasteiger partial charge in [-0.05, 0) is 6.42 Å². The second-order valence-electron chi connectivity index (χ2n) is 3.20. The van der Waals surface area contributed by atoms with Crippen molar-refractivity contribution in [2.75, 3.05) is 5.75 Å². The van der Waals surface area contributed by atoms with Crippen molar-refractivity contribution in [3.05, 3.63) is 0 Å². The van der Waals surface area contributed by atoms with Crippen LogP contribution in [0.5, 0.6) is 0 Å². The molecule has 0 atom stereocenters. The van der Waals surface area contributed by atoms with Crippen LogP contribution >= 0.6 is 0 Å². The molecular weight excluding hydrogens is 188 g/mol.